The van der Waals surface area contributed by atoms with Gasteiger partial charge in [0.1, 0.15) is 17.6 Å². The van der Waals surface area contributed by atoms with Crippen LogP contribution in [-0.2, 0) is 29.4 Å². The zero-order valence-electron chi connectivity index (χ0n) is 19.8. The number of rotatable bonds is 6. The smallest absolute Gasteiger partial charge is 0.255 e. The molecule has 1 atom stereocenters. The van der Waals surface area contributed by atoms with Gasteiger partial charge in [-0.25, -0.2) is 8.42 Å². The van der Waals surface area contributed by atoms with Crippen molar-refractivity contribution in [3.05, 3.63) is 82.9 Å². The van der Waals surface area contributed by atoms with Crippen LogP contribution in [0.5, 0.6) is 11.5 Å². The minimum Gasteiger partial charge on any atom is -0.492 e. The first-order valence-electron chi connectivity index (χ1n) is 11.8. The second kappa shape index (κ2) is 9.36. The predicted molar refractivity (Wildman–Crippen MR) is 134 cm³/mol. The lowest BCUT2D eigenvalue weighted by Gasteiger charge is -2.28. The van der Waals surface area contributed by atoms with E-state index in [1.165, 1.54) is 22.0 Å². The molecule has 0 aliphatic carbocycles. The molecule has 35 heavy (non-hydrogen) atoms. The summed E-state index contributed by atoms with van der Waals surface area (Å²) in [6.07, 6.45) is 1.51. The number of nitrogens with zero attached hydrogens (tertiary/aromatic N) is 1. The Morgan fingerprint density at radius 3 is 2.69 bits per heavy atom. The number of ether oxygens (including phenoxy) is 2. The normalized spacial score (nSPS) is 17.3. The van der Waals surface area contributed by atoms with Gasteiger partial charge in [-0.3, -0.25) is 4.79 Å². The van der Waals surface area contributed by atoms with E-state index in [9.17, 15) is 13.2 Å². The molecule has 7 nitrogen and oxygen atoms in total. The van der Waals surface area contributed by atoms with Crippen molar-refractivity contribution in [3.63, 3.8) is 0 Å². The van der Waals surface area contributed by atoms with Gasteiger partial charge in [0, 0.05) is 36.7 Å². The van der Waals surface area contributed by atoms with Crippen LogP contribution in [0.15, 0.2) is 65.6 Å². The van der Waals surface area contributed by atoms with Gasteiger partial charge < -0.3 is 14.8 Å². The Hall–Kier alpha value is -3.36. The van der Waals surface area contributed by atoms with Crippen molar-refractivity contribution >= 4 is 21.6 Å². The highest BCUT2D eigenvalue weighted by atomic mass is 32.2. The molecule has 0 radical (unpaired) electrons. The second-order valence-electron chi connectivity index (χ2n) is 8.86. The lowest BCUT2D eigenvalue weighted by Crippen LogP contribution is -2.36. The van der Waals surface area contributed by atoms with Gasteiger partial charge in [0.2, 0.25) is 10.0 Å². The Labute approximate surface area is 205 Å². The monoisotopic (exact) mass is 492 g/mol. The van der Waals surface area contributed by atoms with Gasteiger partial charge in [0.05, 0.1) is 17.2 Å². The maximum atomic E-state index is 13.4. The van der Waals surface area contributed by atoms with E-state index in [-0.39, 0.29) is 16.6 Å². The maximum absolute atomic E-state index is 13.4. The van der Waals surface area contributed by atoms with E-state index in [1.54, 1.807) is 18.2 Å². The van der Waals surface area contributed by atoms with Crippen LogP contribution in [0.2, 0.25) is 0 Å². The third-order valence-corrected chi connectivity index (χ3v) is 8.22. The van der Waals surface area contributed by atoms with E-state index in [2.05, 4.69) is 5.32 Å². The summed E-state index contributed by atoms with van der Waals surface area (Å²) in [4.78, 5) is 13.2. The maximum Gasteiger partial charge on any atom is 0.255 e. The van der Waals surface area contributed by atoms with Crippen LogP contribution in [-0.4, -0.2) is 37.9 Å². The highest BCUT2D eigenvalue weighted by molar-refractivity contribution is 7.89. The van der Waals surface area contributed by atoms with E-state index in [0.29, 0.717) is 37.6 Å². The minimum absolute atomic E-state index is 0.0640. The molecule has 1 unspecified atom stereocenters. The summed E-state index contributed by atoms with van der Waals surface area (Å²) < 4.78 is 39.8. The number of amides is 1. The molecule has 2 aliphatic heterocycles. The van der Waals surface area contributed by atoms with E-state index in [0.717, 1.165) is 23.3 Å². The van der Waals surface area contributed by atoms with Crippen molar-refractivity contribution in [2.24, 2.45) is 0 Å². The van der Waals surface area contributed by atoms with E-state index in [1.807, 2.05) is 44.2 Å². The summed E-state index contributed by atoms with van der Waals surface area (Å²) in [5, 5.41) is 2.88. The van der Waals surface area contributed by atoms with Crippen molar-refractivity contribution in [3.8, 4) is 11.5 Å². The van der Waals surface area contributed by atoms with Gasteiger partial charge in [-0.15, -0.1) is 0 Å². The molecule has 0 fully saturated rings. The first-order valence-corrected chi connectivity index (χ1v) is 13.2. The van der Waals surface area contributed by atoms with Gasteiger partial charge in [-0.2, -0.15) is 4.31 Å². The Balaban J connectivity index is 1.39. The molecule has 3 aromatic carbocycles. The summed E-state index contributed by atoms with van der Waals surface area (Å²) in [6, 6.07) is 17.7. The lowest BCUT2D eigenvalue weighted by molar-refractivity contribution is 0.102. The molecule has 8 heteroatoms. The van der Waals surface area contributed by atoms with Crippen molar-refractivity contribution in [2.45, 2.75) is 44.2 Å². The summed E-state index contributed by atoms with van der Waals surface area (Å²) in [7, 11) is -3.76. The van der Waals surface area contributed by atoms with Crippen LogP contribution in [0.1, 0.15) is 40.9 Å². The van der Waals surface area contributed by atoms with Crippen LogP contribution in [0.3, 0.4) is 0 Å². The van der Waals surface area contributed by atoms with Gasteiger partial charge in [-0.05, 0) is 55.7 Å². The first-order chi connectivity index (χ1) is 16.8. The van der Waals surface area contributed by atoms with E-state index in [4.69, 9.17) is 9.47 Å². The van der Waals surface area contributed by atoms with Gasteiger partial charge in [-0.1, -0.05) is 30.3 Å². The number of carbonyl (C=O) groups excluding carboxylic acids is 1. The SMILES string of the molecule is CCOc1cc2c(cc1NC(=O)c1cccc(S(=O)(=O)N3CCc4ccccc4C3)c1)OC(C)C2. The van der Waals surface area contributed by atoms with Gasteiger partial charge in [0.15, 0.2) is 0 Å². The summed E-state index contributed by atoms with van der Waals surface area (Å²) >= 11 is 0. The van der Waals surface area contributed by atoms with Gasteiger partial charge >= 0.3 is 0 Å². The fraction of sp³-hybridized carbons (Fsp3) is 0.296. The average Bonchev–Trinajstić information content (AvgIpc) is 3.22. The average molecular weight is 493 g/mol. The standard InChI is InChI=1S/C27H28N2O5S/c1-3-33-26-15-22-13-18(2)34-25(22)16-24(26)28-27(30)20-9-6-10-23(14-20)35(31,32)29-12-11-19-7-4-5-8-21(19)17-29/h4-10,14-16,18H,3,11-13,17H2,1-2H3,(H,28,30). The molecule has 1 amide bonds. The molecule has 2 aliphatic rings. The number of carbonyl (C=O) groups is 1. The molecular formula is C27H28N2O5S. The van der Waals surface area contributed by atoms with E-state index < -0.39 is 15.9 Å². The topological polar surface area (TPSA) is 84.9 Å². The third kappa shape index (κ3) is 4.63. The number of benzene rings is 3. The summed E-state index contributed by atoms with van der Waals surface area (Å²) in [5.41, 5.74) is 3.96. The van der Waals surface area contributed by atoms with E-state index >= 15 is 0 Å². The van der Waals surface area contributed by atoms with Crippen LogP contribution in [0, 0.1) is 0 Å². The number of sulfonamides is 1. The Morgan fingerprint density at radius 1 is 1.09 bits per heavy atom. The highest BCUT2D eigenvalue weighted by Crippen LogP contribution is 2.38. The van der Waals surface area contributed by atoms with Gasteiger partial charge in [0.25, 0.3) is 5.91 Å². The zero-order valence-corrected chi connectivity index (χ0v) is 20.6. The molecular weight excluding hydrogens is 464 g/mol. The van der Waals surface area contributed by atoms with Crippen molar-refractivity contribution in [1.29, 1.82) is 0 Å². The van der Waals surface area contributed by atoms with Crippen molar-refractivity contribution in [2.75, 3.05) is 18.5 Å². The second-order valence-corrected chi connectivity index (χ2v) is 10.8. The number of hydrogen-bond donors (Lipinski definition) is 1. The summed E-state index contributed by atoms with van der Waals surface area (Å²) in [6.45, 7) is 5.04. The molecule has 0 saturated carbocycles. The number of anilines is 1. The Bertz CT molecular complexity index is 1390. The molecule has 2 heterocycles. The summed E-state index contributed by atoms with van der Waals surface area (Å²) in [5.74, 6) is 0.865. The molecule has 0 spiro atoms. The molecule has 0 aromatic heterocycles. The van der Waals surface area contributed by atoms with Crippen LogP contribution >= 0.6 is 0 Å². The third-order valence-electron chi connectivity index (χ3n) is 6.38. The predicted octanol–water partition coefficient (Wildman–Crippen LogP) is 4.41. The van der Waals surface area contributed by atoms with Crippen LogP contribution in [0.4, 0.5) is 5.69 Å². The number of nitrogens with one attached hydrogen (secondary N) is 1. The van der Waals surface area contributed by atoms with Crippen LogP contribution < -0.4 is 14.8 Å². The van der Waals surface area contributed by atoms with Crippen molar-refractivity contribution < 1.29 is 22.7 Å². The Kier molecular flexibility index (Phi) is 6.25. The highest BCUT2D eigenvalue weighted by Gasteiger charge is 2.29. The minimum atomic E-state index is -3.76. The molecule has 3 aromatic rings. The molecule has 182 valence electrons. The Morgan fingerprint density at radius 2 is 1.89 bits per heavy atom. The molecule has 0 bridgehead atoms. The fourth-order valence-electron chi connectivity index (χ4n) is 4.63. The van der Waals surface area contributed by atoms with Crippen molar-refractivity contribution in [1.82, 2.24) is 4.31 Å². The molecule has 1 N–H and O–H groups in total. The number of fused-ring (bicyclic) bond motifs is 2. The number of hydrogen-bond acceptors (Lipinski definition) is 5. The first kappa shape index (κ1) is 23.4. The fourth-order valence-corrected chi connectivity index (χ4v) is 6.09. The molecule has 0 saturated heterocycles. The lowest BCUT2D eigenvalue weighted by atomic mass is 10.0. The quantitative estimate of drug-likeness (QED) is 0.551. The largest absolute Gasteiger partial charge is 0.492 e. The zero-order chi connectivity index (χ0) is 24.6. The van der Waals surface area contributed by atoms with Crippen LogP contribution in [0.25, 0.3) is 0 Å². The molecule has 5 rings (SSSR count).